The normalized spacial score (nSPS) is 24.8. The van der Waals surface area contributed by atoms with Crippen molar-refractivity contribution in [3.63, 3.8) is 0 Å². The number of carbonyl (C=O) groups is 5. The minimum absolute atomic E-state index is 0.0533. The maximum absolute atomic E-state index is 13.3. The van der Waals surface area contributed by atoms with Crippen LogP contribution in [-0.2, 0) is 25.7 Å². The molecular weight excluding hydrogens is 478 g/mol. The number of piperazine rings is 1. The number of ether oxygens (including phenoxy) is 1. The summed E-state index contributed by atoms with van der Waals surface area (Å²) >= 11 is 0. The summed E-state index contributed by atoms with van der Waals surface area (Å²) in [6, 6.07) is 5.08. The van der Waals surface area contributed by atoms with E-state index in [1.54, 1.807) is 9.80 Å². The summed E-state index contributed by atoms with van der Waals surface area (Å²) in [5.74, 6) is -0.793. The van der Waals surface area contributed by atoms with Crippen LogP contribution in [0.3, 0.4) is 0 Å². The molecule has 0 saturated carbocycles. The van der Waals surface area contributed by atoms with Crippen LogP contribution in [0.25, 0.3) is 0 Å². The summed E-state index contributed by atoms with van der Waals surface area (Å²) in [5, 5.41) is 2.33. The van der Waals surface area contributed by atoms with Crippen molar-refractivity contribution in [2.45, 2.75) is 51.2 Å². The second-order valence-corrected chi connectivity index (χ2v) is 10.3. The first-order valence-corrected chi connectivity index (χ1v) is 12.9. The van der Waals surface area contributed by atoms with E-state index in [0.29, 0.717) is 38.2 Å². The third-order valence-electron chi connectivity index (χ3n) is 8.06. The maximum atomic E-state index is 13.3. The minimum Gasteiger partial charge on any atom is -0.453 e. The monoisotopic (exact) mass is 511 g/mol. The van der Waals surface area contributed by atoms with Crippen molar-refractivity contribution in [2.75, 3.05) is 44.7 Å². The van der Waals surface area contributed by atoms with Gasteiger partial charge in [0.05, 0.1) is 7.11 Å². The smallest absolute Gasteiger partial charge is 0.409 e. The Kier molecular flexibility index (Phi) is 6.78. The number of anilines is 1. The van der Waals surface area contributed by atoms with E-state index in [1.807, 2.05) is 30.0 Å². The van der Waals surface area contributed by atoms with Gasteiger partial charge in [-0.2, -0.15) is 0 Å². The van der Waals surface area contributed by atoms with Gasteiger partial charge in [0.25, 0.3) is 5.91 Å². The number of methoxy groups -OCH3 is 1. The first kappa shape index (κ1) is 25.0. The van der Waals surface area contributed by atoms with Crippen LogP contribution in [0.1, 0.15) is 48.5 Å². The highest BCUT2D eigenvalue weighted by molar-refractivity contribution is 6.05. The number of hydrogen-bond donors (Lipinski definition) is 1. The fourth-order valence-corrected chi connectivity index (χ4v) is 5.96. The summed E-state index contributed by atoms with van der Waals surface area (Å²) in [6.07, 6.45) is 1.69. The van der Waals surface area contributed by atoms with E-state index in [9.17, 15) is 24.0 Å². The molecule has 4 aliphatic heterocycles. The zero-order chi connectivity index (χ0) is 26.3. The fourth-order valence-electron chi connectivity index (χ4n) is 5.96. The summed E-state index contributed by atoms with van der Waals surface area (Å²) in [7, 11) is 1.37. The van der Waals surface area contributed by atoms with Gasteiger partial charge in [-0.15, -0.1) is 0 Å². The molecular formula is C26H33N5O6. The average Bonchev–Trinajstić information content (AvgIpc) is 3.23. The molecule has 11 heteroatoms. The highest BCUT2D eigenvalue weighted by Crippen LogP contribution is 2.32. The number of carbonyl (C=O) groups excluding carboxylic acids is 5. The van der Waals surface area contributed by atoms with Gasteiger partial charge < -0.3 is 24.3 Å². The van der Waals surface area contributed by atoms with Crippen LogP contribution in [-0.4, -0.2) is 96.3 Å². The lowest BCUT2D eigenvalue weighted by molar-refractivity contribution is -0.140. The number of imide groups is 1. The Morgan fingerprint density at radius 1 is 1.03 bits per heavy atom. The Morgan fingerprint density at radius 2 is 1.78 bits per heavy atom. The van der Waals surface area contributed by atoms with Gasteiger partial charge >= 0.3 is 6.09 Å². The van der Waals surface area contributed by atoms with Gasteiger partial charge in [-0.1, -0.05) is 0 Å². The second-order valence-electron chi connectivity index (χ2n) is 10.3. The molecule has 0 aliphatic carbocycles. The fraction of sp³-hybridized carbons (Fsp3) is 0.577. The van der Waals surface area contributed by atoms with E-state index < -0.39 is 11.9 Å². The van der Waals surface area contributed by atoms with Crippen LogP contribution >= 0.6 is 0 Å². The quantitative estimate of drug-likeness (QED) is 0.601. The standard InChI is InChI=1S/C26H33N5O6/c1-16-14-29(26(36)37-2)11-12-30(16)24(34)17-7-9-28(10-8-17)19-3-4-20-18(13-19)15-31(25(20)35)21-5-6-22(32)27-23(21)33/h3-4,13,16-17,21H,5-12,14-15H2,1-2H3,(H,27,32,33)/t16-,21?/m1/s1. The minimum atomic E-state index is -0.625. The molecule has 1 aromatic carbocycles. The van der Waals surface area contributed by atoms with E-state index in [1.165, 1.54) is 7.11 Å². The Bertz CT molecular complexity index is 1130. The number of rotatable bonds is 3. The molecule has 3 fully saturated rings. The van der Waals surface area contributed by atoms with E-state index in [4.69, 9.17) is 4.74 Å². The Morgan fingerprint density at radius 3 is 2.46 bits per heavy atom. The predicted octanol–water partition coefficient (Wildman–Crippen LogP) is 0.963. The van der Waals surface area contributed by atoms with E-state index >= 15 is 0 Å². The lowest BCUT2D eigenvalue weighted by Crippen LogP contribution is -2.57. The van der Waals surface area contributed by atoms with E-state index in [0.717, 1.165) is 37.2 Å². The summed E-state index contributed by atoms with van der Waals surface area (Å²) < 4.78 is 4.81. The van der Waals surface area contributed by atoms with Crippen LogP contribution in [0.15, 0.2) is 18.2 Å². The highest BCUT2D eigenvalue weighted by Gasteiger charge is 2.40. The van der Waals surface area contributed by atoms with Gasteiger partial charge in [-0.25, -0.2) is 4.79 Å². The van der Waals surface area contributed by atoms with Gasteiger partial charge in [0.2, 0.25) is 17.7 Å². The van der Waals surface area contributed by atoms with E-state index in [2.05, 4.69) is 10.2 Å². The molecule has 5 rings (SSSR count). The maximum Gasteiger partial charge on any atom is 0.409 e. The average molecular weight is 512 g/mol. The van der Waals surface area contributed by atoms with Crippen molar-refractivity contribution < 1.29 is 28.7 Å². The molecule has 4 heterocycles. The van der Waals surface area contributed by atoms with Gasteiger partial charge in [0, 0.05) is 68.9 Å². The second kappa shape index (κ2) is 10.0. The van der Waals surface area contributed by atoms with Crippen LogP contribution in [0.5, 0.6) is 0 Å². The molecule has 198 valence electrons. The number of hydrogen-bond acceptors (Lipinski definition) is 7. The molecule has 5 amide bonds. The summed E-state index contributed by atoms with van der Waals surface area (Å²) in [6.45, 7) is 5.24. The van der Waals surface area contributed by atoms with Crippen molar-refractivity contribution in [3.8, 4) is 0 Å². The van der Waals surface area contributed by atoms with Crippen LogP contribution in [0, 0.1) is 5.92 Å². The molecule has 0 spiro atoms. The number of nitrogens with one attached hydrogen (secondary N) is 1. The number of nitrogens with zero attached hydrogens (tertiary/aromatic N) is 4. The number of benzene rings is 1. The van der Waals surface area contributed by atoms with Crippen LogP contribution < -0.4 is 10.2 Å². The lowest BCUT2D eigenvalue weighted by Gasteiger charge is -2.42. The van der Waals surface area contributed by atoms with Gasteiger partial charge in [-0.05, 0) is 49.9 Å². The van der Waals surface area contributed by atoms with Crippen molar-refractivity contribution in [1.82, 2.24) is 20.0 Å². The first-order valence-electron chi connectivity index (χ1n) is 12.9. The molecule has 37 heavy (non-hydrogen) atoms. The number of piperidine rings is 2. The Hall–Kier alpha value is -3.63. The number of fused-ring (bicyclic) bond motifs is 1. The van der Waals surface area contributed by atoms with Crippen LogP contribution in [0.4, 0.5) is 10.5 Å². The number of amides is 5. The highest BCUT2D eigenvalue weighted by atomic mass is 16.5. The summed E-state index contributed by atoms with van der Waals surface area (Å²) in [4.78, 5) is 69.1. The first-order chi connectivity index (χ1) is 17.8. The SMILES string of the molecule is COC(=O)N1CCN(C(=O)C2CCN(c3ccc4c(c3)CN(C3CCC(=O)NC3=O)C4=O)CC2)[C@H](C)C1. The zero-order valence-corrected chi connectivity index (χ0v) is 21.3. The van der Waals surface area contributed by atoms with Crippen molar-refractivity contribution >= 4 is 35.4 Å². The third-order valence-corrected chi connectivity index (χ3v) is 8.06. The molecule has 1 N–H and O–H groups in total. The molecule has 0 radical (unpaired) electrons. The topological polar surface area (TPSA) is 120 Å². The molecule has 1 unspecified atom stereocenters. The molecule has 0 aromatic heterocycles. The van der Waals surface area contributed by atoms with Gasteiger partial charge in [0.1, 0.15) is 6.04 Å². The largest absolute Gasteiger partial charge is 0.453 e. The Balaban J connectivity index is 1.18. The molecule has 0 bridgehead atoms. The van der Waals surface area contributed by atoms with Crippen molar-refractivity contribution in [2.24, 2.45) is 5.92 Å². The van der Waals surface area contributed by atoms with Gasteiger partial charge in [0.15, 0.2) is 0 Å². The molecule has 2 atom stereocenters. The van der Waals surface area contributed by atoms with Gasteiger partial charge in [-0.3, -0.25) is 24.5 Å². The predicted molar refractivity (Wildman–Crippen MR) is 133 cm³/mol. The molecule has 11 nitrogen and oxygen atoms in total. The lowest BCUT2D eigenvalue weighted by atomic mass is 9.93. The van der Waals surface area contributed by atoms with Crippen molar-refractivity contribution in [1.29, 1.82) is 0 Å². The van der Waals surface area contributed by atoms with Crippen molar-refractivity contribution in [3.05, 3.63) is 29.3 Å². The molecule has 1 aromatic rings. The third kappa shape index (κ3) is 4.74. The van der Waals surface area contributed by atoms with E-state index in [-0.39, 0.29) is 42.2 Å². The summed E-state index contributed by atoms with van der Waals surface area (Å²) in [5.41, 5.74) is 2.48. The zero-order valence-electron chi connectivity index (χ0n) is 21.3. The van der Waals surface area contributed by atoms with Crippen LogP contribution in [0.2, 0.25) is 0 Å². The molecule has 3 saturated heterocycles. The Labute approximate surface area is 215 Å². The molecule has 4 aliphatic rings.